The van der Waals surface area contributed by atoms with Gasteiger partial charge < -0.3 is 4.55 Å². The van der Waals surface area contributed by atoms with Crippen molar-refractivity contribution in [1.82, 2.24) is 0 Å². The zero-order valence-electron chi connectivity index (χ0n) is 7.36. The Labute approximate surface area is 85.9 Å². The topological polar surface area (TPSA) is 37.3 Å². The smallest absolute Gasteiger partial charge is 0.186 e. The highest BCUT2D eigenvalue weighted by atomic mass is 35.5. The molecule has 2 nitrogen and oxygen atoms in total. The van der Waals surface area contributed by atoms with Crippen LogP contribution in [0.3, 0.4) is 0 Å². The molecule has 1 aromatic rings. The van der Waals surface area contributed by atoms with Gasteiger partial charge in [0.15, 0.2) is 11.1 Å². The van der Waals surface area contributed by atoms with Gasteiger partial charge in [-0.2, -0.15) is 0 Å². The molecule has 1 rings (SSSR count). The van der Waals surface area contributed by atoms with Crippen LogP contribution in [0.1, 0.15) is 13.8 Å². The van der Waals surface area contributed by atoms with Crippen LogP contribution in [-0.4, -0.2) is 8.76 Å². The molecule has 0 fully saturated rings. The fraction of sp³-hybridized carbons (Fsp3) is 0.250. The predicted molar refractivity (Wildman–Crippen MR) is 54.0 cm³/mol. The normalized spacial score (nSPS) is 10.5. The van der Waals surface area contributed by atoms with Crippen molar-refractivity contribution in [2.75, 3.05) is 0 Å². The lowest BCUT2D eigenvalue weighted by atomic mass is 10.4. The van der Waals surface area contributed by atoms with E-state index in [1.807, 2.05) is 13.8 Å². The van der Waals surface area contributed by atoms with Crippen molar-refractivity contribution >= 4 is 23.5 Å². The second-order valence-corrected chi connectivity index (χ2v) is 2.68. The highest BCUT2D eigenvalue weighted by Gasteiger charge is 1.98. The Hall–Kier alpha value is -0.450. The second kappa shape index (κ2) is 8.16. The van der Waals surface area contributed by atoms with Crippen LogP contribution in [0.15, 0.2) is 29.2 Å². The molecule has 0 saturated carbocycles. The van der Waals surface area contributed by atoms with Gasteiger partial charge in [0.05, 0.1) is 4.90 Å². The molecule has 0 aliphatic rings. The third kappa shape index (κ3) is 5.74. The molecule has 0 aromatic heterocycles. The number of halogens is 2. The maximum Gasteiger partial charge on any atom is 0.186 e. The summed E-state index contributed by atoms with van der Waals surface area (Å²) in [6.45, 7) is 4.00. The van der Waals surface area contributed by atoms with E-state index in [4.69, 9.17) is 4.55 Å². The first-order valence-corrected chi connectivity index (χ1v) is 4.67. The molecule has 0 heterocycles. The molecule has 76 valence electrons. The molecular weight excluding hydrogens is 215 g/mol. The zero-order valence-corrected chi connectivity index (χ0v) is 8.99. The Bertz CT molecular complexity index is 268. The summed E-state index contributed by atoms with van der Waals surface area (Å²) in [6.07, 6.45) is 0. The molecule has 0 aliphatic carbocycles. The van der Waals surface area contributed by atoms with Crippen LogP contribution in [0.4, 0.5) is 4.39 Å². The summed E-state index contributed by atoms with van der Waals surface area (Å²) in [6, 6.07) is 5.02. The van der Waals surface area contributed by atoms with Gasteiger partial charge in [-0.25, -0.2) is 8.60 Å². The first-order valence-electron chi connectivity index (χ1n) is 3.56. The Kier molecular flexibility index (Phi) is 9.44. The van der Waals surface area contributed by atoms with Crippen LogP contribution >= 0.6 is 12.4 Å². The lowest BCUT2D eigenvalue weighted by Gasteiger charge is -1.91. The van der Waals surface area contributed by atoms with Crippen LogP contribution in [0.5, 0.6) is 0 Å². The molecule has 1 unspecified atom stereocenters. The van der Waals surface area contributed by atoms with Crippen LogP contribution in [0, 0.1) is 5.82 Å². The zero-order chi connectivity index (χ0) is 9.56. The highest BCUT2D eigenvalue weighted by molar-refractivity contribution is 7.79. The van der Waals surface area contributed by atoms with E-state index in [9.17, 15) is 8.60 Å². The van der Waals surface area contributed by atoms with Crippen molar-refractivity contribution in [2.24, 2.45) is 0 Å². The van der Waals surface area contributed by atoms with Gasteiger partial charge in [0, 0.05) is 0 Å². The van der Waals surface area contributed by atoms with Crippen LogP contribution in [0.25, 0.3) is 0 Å². The number of hydrogen-bond acceptors (Lipinski definition) is 1. The largest absolute Gasteiger partial charge is 0.302 e. The van der Waals surface area contributed by atoms with Crippen molar-refractivity contribution < 1.29 is 13.2 Å². The minimum Gasteiger partial charge on any atom is -0.302 e. The highest BCUT2D eigenvalue weighted by Crippen LogP contribution is 2.05. The van der Waals surface area contributed by atoms with Gasteiger partial charge in [-0.05, 0) is 18.2 Å². The molecule has 0 radical (unpaired) electrons. The van der Waals surface area contributed by atoms with Crippen molar-refractivity contribution in [3.05, 3.63) is 30.1 Å². The molecule has 0 spiro atoms. The minimum absolute atomic E-state index is 0. The van der Waals surface area contributed by atoms with Crippen LogP contribution in [0.2, 0.25) is 0 Å². The van der Waals surface area contributed by atoms with E-state index in [-0.39, 0.29) is 17.3 Å². The van der Waals surface area contributed by atoms with Gasteiger partial charge in [0.2, 0.25) is 0 Å². The third-order valence-electron chi connectivity index (χ3n) is 0.998. The third-order valence-corrected chi connectivity index (χ3v) is 1.65. The lowest BCUT2D eigenvalue weighted by Crippen LogP contribution is -1.87. The summed E-state index contributed by atoms with van der Waals surface area (Å²) < 4.78 is 31.0. The van der Waals surface area contributed by atoms with E-state index >= 15 is 0 Å². The molecule has 1 N–H and O–H groups in total. The first kappa shape index (κ1) is 15.0. The first-order chi connectivity index (χ1) is 5.70. The molecule has 0 bridgehead atoms. The maximum atomic E-state index is 12.3. The van der Waals surface area contributed by atoms with Crippen LogP contribution in [-0.2, 0) is 11.1 Å². The fourth-order valence-electron chi connectivity index (χ4n) is 0.576. The Morgan fingerprint density at radius 2 is 1.92 bits per heavy atom. The Morgan fingerprint density at radius 3 is 2.23 bits per heavy atom. The Balaban J connectivity index is 0. The maximum absolute atomic E-state index is 12.3. The predicted octanol–water partition coefficient (Wildman–Crippen LogP) is 2.85. The van der Waals surface area contributed by atoms with E-state index in [1.165, 1.54) is 18.2 Å². The number of hydrogen-bond donors (Lipinski definition) is 1. The van der Waals surface area contributed by atoms with Gasteiger partial charge in [0.25, 0.3) is 0 Å². The molecule has 0 aliphatic heterocycles. The summed E-state index contributed by atoms with van der Waals surface area (Å²) in [7, 11) is 0. The average molecular weight is 227 g/mol. The standard InChI is InChI=1S/C6H5FO2S.C2H6.ClH/c7-5-2-1-3-6(4-5)10(8)9;1-2;/h1-4H,(H,8,9);1-2H3;1H. The van der Waals surface area contributed by atoms with Crippen LogP contribution < -0.4 is 0 Å². The summed E-state index contributed by atoms with van der Waals surface area (Å²) in [5.74, 6) is -0.500. The van der Waals surface area contributed by atoms with Gasteiger partial charge >= 0.3 is 0 Å². The fourth-order valence-corrected chi connectivity index (χ4v) is 0.984. The molecule has 1 atom stereocenters. The minimum atomic E-state index is -2.08. The van der Waals surface area contributed by atoms with Crippen molar-refractivity contribution in [3.63, 3.8) is 0 Å². The molecular formula is C8H12ClFO2S. The summed E-state index contributed by atoms with van der Waals surface area (Å²) in [5.41, 5.74) is 0. The van der Waals surface area contributed by atoms with Gasteiger partial charge in [-0.3, -0.25) is 0 Å². The monoisotopic (exact) mass is 226 g/mol. The van der Waals surface area contributed by atoms with Gasteiger partial charge in [-0.1, -0.05) is 19.9 Å². The molecule has 13 heavy (non-hydrogen) atoms. The van der Waals surface area contributed by atoms with E-state index in [2.05, 4.69) is 0 Å². The summed E-state index contributed by atoms with van der Waals surface area (Å²) in [4.78, 5) is 0.0833. The van der Waals surface area contributed by atoms with Gasteiger partial charge in [0.1, 0.15) is 5.82 Å². The average Bonchev–Trinajstić information content (AvgIpc) is 2.08. The van der Waals surface area contributed by atoms with E-state index in [0.717, 1.165) is 6.07 Å². The molecule has 0 saturated heterocycles. The van der Waals surface area contributed by atoms with Crippen molar-refractivity contribution in [2.45, 2.75) is 18.7 Å². The second-order valence-electron chi connectivity index (χ2n) is 1.71. The quantitative estimate of drug-likeness (QED) is 0.748. The molecule has 0 amide bonds. The summed E-state index contributed by atoms with van der Waals surface area (Å²) in [5, 5.41) is 0. The number of rotatable bonds is 1. The van der Waals surface area contributed by atoms with Crippen molar-refractivity contribution in [3.8, 4) is 0 Å². The lowest BCUT2D eigenvalue weighted by molar-refractivity contribution is 0.561. The van der Waals surface area contributed by atoms with Crippen molar-refractivity contribution in [1.29, 1.82) is 0 Å². The summed E-state index contributed by atoms with van der Waals surface area (Å²) >= 11 is -2.08. The van der Waals surface area contributed by atoms with E-state index in [1.54, 1.807) is 0 Å². The molecule has 1 aromatic carbocycles. The van der Waals surface area contributed by atoms with Gasteiger partial charge in [-0.15, -0.1) is 12.4 Å². The SMILES string of the molecule is CC.Cl.O=S(O)c1cccc(F)c1. The van der Waals surface area contributed by atoms with E-state index in [0.29, 0.717) is 0 Å². The van der Waals surface area contributed by atoms with E-state index < -0.39 is 16.9 Å². The molecule has 5 heteroatoms. The Morgan fingerprint density at radius 1 is 1.38 bits per heavy atom. The number of benzene rings is 1.